The predicted octanol–water partition coefficient (Wildman–Crippen LogP) is 4.76. The Kier molecular flexibility index (Phi) is 4.61. The smallest absolute Gasteiger partial charge is 0.114 e. The van der Waals surface area contributed by atoms with Crippen LogP contribution in [0.25, 0.3) is 11.0 Å². The van der Waals surface area contributed by atoms with Crippen molar-refractivity contribution in [1.82, 2.24) is 19.4 Å². The Bertz CT molecular complexity index is 864. The van der Waals surface area contributed by atoms with E-state index in [2.05, 4.69) is 59.5 Å². The highest BCUT2D eigenvalue weighted by Gasteiger charge is 2.27. The minimum atomic E-state index is 0.432. The van der Waals surface area contributed by atoms with Crippen molar-refractivity contribution in [3.8, 4) is 0 Å². The zero-order valence-corrected chi connectivity index (χ0v) is 16.1. The third-order valence-corrected chi connectivity index (χ3v) is 5.96. The van der Waals surface area contributed by atoms with E-state index in [1.807, 2.05) is 17.5 Å². The Balaban J connectivity index is 1.60. The normalized spacial score (nSPS) is 19.1. The molecule has 3 heterocycles. The fraction of sp³-hybridized carbons (Fsp3) is 0.500. The van der Waals surface area contributed by atoms with Gasteiger partial charge in [-0.25, -0.2) is 9.97 Å². The van der Waals surface area contributed by atoms with Crippen LogP contribution in [0.4, 0.5) is 0 Å². The zero-order valence-electron chi connectivity index (χ0n) is 15.3. The Morgan fingerprint density at radius 1 is 1.28 bits per heavy atom. The molecule has 1 atom stereocenters. The molecular weight excluding hydrogens is 328 g/mol. The van der Waals surface area contributed by atoms with Crippen LogP contribution in [0.3, 0.4) is 0 Å². The summed E-state index contributed by atoms with van der Waals surface area (Å²) in [5, 5.41) is 1.16. The minimum Gasteiger partial charge on any atom is -0.325 e. The SMILES string of the molecule is Cc1ncc(CN2CCC[C@H](c3nc4ccccc4n3C(C)C)C2)s1. The van der Waals surface area contributed by atoms with Gasteiger partial charge in [0.2, 0.25) is 0 Å². The highest BCUT2D eigenvalue weighted by molar-refractivity contribution is 7.11. The van der Waals surface area contributed by atoms with Gasteiger partial charge in [0.25, 0.3) is 0 Å². The van der Waals surface area contributed by atoms with Gasteiger partial charge in [-0.15, -0.1) is 11.3 Å². The second-order valence-electron chi connectivity index (χ2n) is 7.34. The summed E-state index contributed by atoms with van der Waals surface area (Å²) in [6, 6.07) is 8.97. The summed E-state index contributed by atoms with van der Waals surface area (Å²) in [6.07, 6.45) is 4.50. The molecule has 0 bridgehead atoms. The molecule has 1 aliphatic rings. The second-order valence-corrected chi connectivity index (χ2v) is 8.66. The maximum Gasteiger partial charge on any atom is 0.114 e. The molecule has 4 rings (SSSR count). The van der Waals surface area contributed by atoms with Crippen molar-refractivity contribution in [3.05, 3.63) is 46.2 Å². The Hall–Kier alpha value is -1.72. The first-order valence-corrected chi connectivity index (χ1v) is 10.0. The first-order valence-electron chi connectivity index (χ1n) is 9.22. The van der Waals surface area contributed by atoms with Crippen LogP contribution in [0.5, 0.6) is 0 Å². The van der Waals surface area contributed by atoms with Gasteiger partial charge in [0.1, 0.15) is 5.82 Å². The number of likely N-dealkylation sites (tertiary alicyclic amines) is 1. The standard InChI is InChI=1S/C20H26N4S/c1-14(2)24-19-9-5-4-8-18(19)22-20(24)16-7-6-10-23(12-16)13-17-11-21-15(3)25-17/h4-5,8-9,11,14,16H,6-7,10,12-13H2,1-3H3/t16-/m0/s1. The average molecular weight is 355 g/mol. The van der Waals surface area contributed by atoms with Crippen molar-refractivity contribution in [2.24, 2.45) is 0 Å². The molecule has 25 heavy (non-hydrogen) atoms. The Morgan fingerprint density at radius 2 is 2.12 bits per heavy atom. The van der Waals surface area contributed by atoms with E-state index in [-0.39, 0.29) is 0 Å². The third-order valence-electron chi connectivity index (χ3n) is 5.06. The fourth-order valence-electron chi connectivity index (χ4n) is 4.00. The lowest BCUT2D eigenvalue weighted by atomic mass is 9.97. The van der Waals surface area contributed by atoms with Crippen molar-refractivity contribution in [2.45, 2.75) is 52.1 Å². The van der Waals surface area contributed by atoms with Crippen molar-refractivity contribution in [2.75, 3.05) is 13.1 Å². The van der Waals surface area contributed by atoms with Crippen molar-refractivity contribution in [1.29, 1.82) is 0 Å². The molecule has 1 fully saturated rings. The number of thiazole rings is 1. The summed E-state index contributed by atoms with van der Waals surface area (Å²) in [4.78, 5) is 13.4. The molecule has 3 aromatic rings. The van der Waals surface area contributed by atoms with Gasteiger partial charge in [0.05, 0.1) is 16.0 Å². The number of hydrogen-bond acceptors (Lipinski definition) is 4. The van der Waals surface area contributed by atoms with E-state index in [0.29, 0.717) is 12.0 Å². The van der Waals surface area contributed by atoms with Crippen LogP contribution in [0.2, 0.25) is 0 Å². The zero-order chi connectivity index (χ0) is 17.4. The van der Waals surface area contributed by atoms with Crippen LogP contribution in [0.15, 0.2) is 30.5 Å². The summed E-state index contributed by atoms with van der Waals surface area (Å²) in [7, 11) is 0. The number of nitrogens with zero attached hydrogens (tertiary/aromatic N) is 4. The lowest BCUT2D eigenvalue weighted by Crippen LogP contribution is -2.34. The number of piperidine rings is 1. The van der Waals surface area contributed by atoms with Crippen LogP contribution < -0.4 is 0 Å². The first kappa shape index (κ1) is 16.7. The molecule has 4 nitrogen and oxygen atoms in total. The van der Waals surface area contributed by atoms with Crippen LogP contribution in [0, 0.1) is 6.92 Å². The number of para-hydroxylation sites is 2. The molecule has 1 saturated heterocycles. The van der Waals surface area contributed by atoms with Gasteiger partial charge >= 0.3 is 0 Å². The van der Waals surface area contributed by atoms with Gasteiger partial charge in [-0.05, 0) is 52.3 Å². The largest absolute Gasteiger partial charge is 0.325 e. The molecule has 0 spiro atoms. The predicted molar refractivity (Wildman–Crippen MR) is 104 cm³/mol. The molecule has 1 aromatic carbocycles. The summed E-state index contributed by atoms with van der Waals surface area (Å²) >= 11 is 1.82. The van der Waals surface area contributed by atoms with E-state index in [0.717, 1.165) is 23.6 Å². The highest BCUT2D eigenvalue weighted by atomic mass is 32.1. The first-order chi connectivity index (χ1) is 12.1. The number of aromatic nitrogens is 3. The summed E-state index contributed by atoms with van der Waals surface area (Å²) in [5.74, 6) is 1.78. The van der Waals surface area contributed by atoms with E-state index in [4.69, 9.17) is 4.98 Å². The fourth-order valence-corrected chi connectivity index (χ4v) is 4.84. The van der Waals surface area contributed by atoms with Crippen LogP contribution in [-0.4, -0.2) is 32.5 Å². The molecule has 0 saturated carbocycles. The van der Waals surface area contributed by atoms with Crippen molar-refractivity contribution in [3.63, 3.8) is 0 Å². The average Bonchev–Trinajstić information content (AvgIpc) is 3.18. The molecule has 2 aromatic heterocycles. The summed E-state index contributed by atoms with van der Waals surface area (Å²) < 4.78 is 2.44. The van der Waals surface area contributed by atoms with Gasteiger partial charge in [0, 0.05) is 36.1 Å². The van der Waals surface area contributed by atoms with Gasteiger partial charge in [-0.3, -0.25) is 4.90 Å². The molecule has 1 aliphatic heterocycles. The van der Waals surface area contributed by atoms with Crippen LogP contribution >= 0.6 is 11.3 Å². The van der Waals surface area contributed by atoms with E-state index in [9.17, 15) is 0 Å². The molecule has 0 radical (unpaired) electrons. The molecule has 0 aliphatic carbocycles. The minimum absolute atomic E-state index is 0.432. The topological polar surface area (TPSA) is 34.0 Å². The third kappa shape index (κ3) is 3.35. The number of rotatable bonds is 4. The van der Waals surface area contributed by atoms with E-state index >= 15 is 0 Å². The summed E-state index contributed by atoms with van der Waals surface area (Å²) in [5.41, 5.74) is 2.39. The van der Waals surface area contributed by atoms with E-state index in [1.165, 1.54) is 35.6 Å². The number of aryl methyl sites for hydroxylation is 1. The molecular formula is C20H26N4S. The van der Waals surface area contributed by atoms with E-state index < -0.39 is 0 Å². The number of fused-ring (bicyclic) bond motifs is 1. The maximum absolute atomic E-state index is 5.03. The molecule has 132 valence electrons. The molecule has 0 N–H and O–H groups in total. The number of hydrogen-bond donors (Lipinski definition) is 0. The maximum atomic E-state index is 5.03. The van der Waals surface area contributed by atoms with Crippen molar-refractivity contribution >= 4 is 22.4 Å². The van der Waals surface area contributed by atoms with Gasteiger partial charge < -0.3 is 4.57 Å². The lowest BCUT2D eigenvalue weighted by Gasteiger charge is -2.32. The van der Waals surface area contributed by atoms with Gasteiger partial charge in [0.15, 0.2) is 0 Å². The highest BCUT2D eigenvalue weighted by Crippen LogP contribution is 2.32. The van der Waals surface area contributed by atoms with Crippen LogP contribution in [-0.2, 0) is 6.54 Å². The number of benzene rings is 1. The van der Waals surface area contributed by atoms with Crippen molar-refractivity contribution < 1.29 is 0 Å². The number of imidazole rings is 1. The second kappa shape index (κ2) is 6.89. The van der Waals surface area contributed by atoms with E-state index in [1.54, 1.807) is 0 Å². The van der Waals surface area contributed by atoms with Gasteiger partial charge in [-0.2, -0.15) is 0 Å². The lowest BCUT2D eigenvalue weighted by molar-refractivity contribution is 0.195. The molecule has 0 amide bonds. The Morgan fingerprint density at radius 3 is 2.88 bits per heavy atom. The molecule has 5 heteroatoms. The summed E-state index contributed by atoms with van der Waals surface area (Å²) in [6.45, 7) is 9.89. The Labute approximate surface area is 153 Å². The monoisotopic (exact) mass is 354 g/mol. The molecule has 0 unspecified atom stereocenters. The quantitative estimate of drug-likeness (QED) is 0.677. The van der Waals surface area contributed by atoms with Gasteiger partial charge in [-0.1, -0.05) is 12.1 Å². The van der Waals surface area contributed by atoms with Crippen LogP contribution in [0.1, 0.15) is 54.4 Å².